The van der Waals surface area contributed by atoms with Crippen molar-refractivity contribution in [3.05, 3.63) is 40.6 Å². The number of hydrogen-bond donors (Lipinski definition) is 1. The highest BCUT2D eigenvalue weighted by Gasteiger charge is 2.01. The maximum Gasteiger partial charge on any atom is 0.0687 e. The van der Waals surface area contributed by atoms with E-state index < -0.39 is 0 Å². The fourth-order valence-corrected chi connectivity index (χ4v) is 1.34. The number of aryl methyl sites for hydroxylation is 1. The van der Waals surface area contributed by atoms with Gasteiger partial charge in [-0.05, 0) is 43.3 Å². The Kier molecular flexibility index (Phi) is 3.60. The van der Waals surface area contributed by atoms with Gasteiger partial charge in [0.05, 0.1) is 6.61 Å². The van der Waals surface area contributed by atoms with Crippen LogP contribution in [-0.4, -0.2) is 11.8 Å². The second-order valence-electron chi connectivity index (χ2n) is 3.25. The van der Waals surface area contributed by atoms with Crippen molar-refractivity contribution in [1.29, 1.82) is 0 Å². The van der Waals surface area contributed by atoms with Gasteiger partial charge in [0.15, 0.2) is 0 Å². The molecule has 1 rings (SSSR count). The highest BCUT2D eigenvalue weighted by atomic mass is 16.3. The summed E-state index contributed by atoms with van der Waals surface area (Å²) in [5, 5.41) is 9.15. The summed E-state index contributed by atoms with van der Waals surface area (Å²) in [6.45, 7) is 7.42. The summed E-state index contributed by atoms with van der Waals surface area (Å²) in [5.74, 6) is 0. The molecule has 1 aromatic carbocycles. The van der Waals surface area contributed by atoms with E-state index >= 15 is 0 Å². The third-order valence-corrected chi connectivity index (χ3v) is 2.19. The number of rotatable bonds is 3. The number of nitrogens with zero attached hydrogens (tertiary/aromatic N) is 1. The molecule has 0 atom stereocenters. The molecule has 0 unspecified atom stereocenters. The Morgan fingerprint density at radius 3 is 2.86 bits per heavy atom. The number of hydrogen-bond acceptors (Lipinski definition) is 2. The predicted molar refractivity (Wildman–Crippen MR) is 60.3 cm³/mol. The zero-order valence-corrected chi connectivity index (χ0v) is 8.62. The molecule has 0 saturated carbocycles. The first-order valence-electron chi connectivity index (χ1n) is 4.53. The van der Waals surface area contributed by atoms with Gasteiger partial charge in [0.2, 0.25) is 0 Å². The average molecular weight is 189 g/mol. The molecule has 2 heteroatoms. The summed E-state index contributed by atoms with van der Waals surface area (Å²) in [5.41, 5.74) is 3.96. The van der Waals surface area contributed by atoms with Crippen molar-refractivity contribution < 1.29 is 5.11 Å². The fourth-order valence-electron chi connectivity index (χ4n) is 1.34. The Balaban J connectivity index is 3.24. The molecule has 0 saturated heterocycles. The first-order chi connectivity index (χ1) is 6.69. The van der Waals surface area contributed by atoms with E-state index in [9.17, 15) is 0 Å². The molecular formula is C12H15NO. The van der Waals surface area contributed by atoms with Crippen LogP contribution in [0.1, 0.15) is 23.6 Å². The van der Waals surface area contributed by atoms with Crippen molar-refractivity contribution in [3.63, 3.8) is 0 Å². The van der Waals surface area contributed by atoms with Crippen LogP contribution in [0.3, 0.4) is 0 Å². The van der Waals surface area contributed by atoms with Gasteiger partial charge in [0.1, 0.15) is 0 Å². The van der Waals surface area contributed by atoms with Crippen molar-refractivity contribution in [2.45, 2.75) is 20.5 Å². The first-order valence-corrected chi connectivity index (χ1v) is 4.53. The molecule has 0 amide bonds. The van der Waals surface area contributed by atoms with Gasteiger partial charge < -0.3 is 5.11 Å². The number of allylic oxidation sites excluding steroid dienone is 1. The second-order valence-corrected chi connectivity index (χ2v) is 3.25. The molecule has 74 valence electrons. The largest absolute Gasteiger partial charge is 0.392 e. The van der Waals surface area contributed by atoms with Gasteiger partial charge in [-0.1, -0.05) is 18.2 Å². The number of benzene rings is 1. The number of aliphatic imine (C=N–C) groups is 1. The van der Waals surface area contributed by atoms with Crippen molar-refractivity contribution >= 4 is 12.8 Å². The third kappa shape index (κ3) is 2.30. The Labute approximate surface area is 84.6 Å². The van der Waals surface area contributed by atoms with Gasteiger partial charge >= 0.3 is 0 Å². The second kappa shape index (κ2) is 4.72. The maximum atomic E-state index is 9.15. The molecule has 1 N–H and O–H groups in total. The minimum absolute atomic E-state index is 0.0535. The highest BCUT2D eigenvalue weighted by Crippen LogP contribution is 2.18. The molecule has 0 spiro atoms. The van der Waals surface area contributed by atoms with Crippen LogP contribution in [0.2, 0.25) is 0 Å². The molecule has 0 heterocycles. The number of aliphatic hydroxyl groups excluding tert-OH is 1. The van der Waals surface area contributed by atoms with E-state index in [0.717, 1.165) is 22.4 Å². The van der Waals surface area contributed by atoms with E-state index in [4.69, 9.17) is 5.11 Å². The number of aliphatic hydroxyl groups is 1. The monoisotopic (exact) mass is 189 g/mol. The van der Waals surface area contributed by atoms with Gasteiger partial charge in [-0.25, -0.2) is 0 Å². The topological polar surface area (TPSA) is 32.6 Å². The van der Waals surface area contributed by atoms with Crippen LogP contribution in [0.25, 0.3) is 6.08 Å². The zero-order chi connectivity index (χ0) is 10.6. The first kappa shape index (κ1) is 10.7. The summed E-state index contributed by atoms with van der Waals surface area (Å²) in [6.07, 6.45) is 1.94. The minimum Gasteiger partial charge on any atom is -0.392 e. The Morgan fingerprint density at radius 1 is 1.57 bits per heavy atom. The maximum absolute atomic E-state index is 9.15. The van der Waals surface area contributed by atoms with E-state index in [0.29, 0.717) is 0 Å². The average Bonchev–Trinajstić information content (AvgIpc) is 2.20. The molecule has 0 fully saturated rings. The summed E-state index contributed by atoms with van der Waals surface area (Å²) in [7, 11) is 0. The lowest BCUT2D eigenvalue weighted by atomic mass is 10.0. The van der Waals surface area contributed by atoms with Crippen molar-refractivity contribution in [1.82, 2.24) is 0 Å². The summed E-state index contributed by atoms with van der Waals surface area (Å²) in [6, 6.07) is 5.87. The molecule has 0 aliphatic heterocycles. The third-order valence-electron chi connectivity index (χ3n) is 2.19. The lowest BCUT2D eigenvalue weighted by Crippen LogP contribution is -1.91. The predicted octanol–water partition coefficient (Wildman–Crippen LogP) is 2.55. The van der Waals surface area contributed by atoms with E-state index in [1.54, 1.807) is 0 Å². The summed E-state index contributed by atoms with van der Waals surface area (Å²) in [4.78, 5) is 3.83. The molecular weight excluding hydrogens is 174 g/mol. The van der Waals surface area contributed by atoms with E-state index in [-0.39, 0.29) is 6.61 Å². The Hall–Kier alpha value is -1.41. The lowest BCUT2D eigenvalue weighted by molar-refractivity contribution is 0.281. The van der Waals surface area contributed by atoms with Crippen molar-refractivity contribution in [2.24, 2.45) is 4.99 Å². The molecule has 0 radical (unpaired) electrons. The van der Waals surface area contributed by atoms with Crippen molar-refractivity contribution in [2.75, 3.05) is 0 Å². The van der Waals surface area contributed by atoms with Gasteiger partial charge in [-0.15, -0.1) is 0 Å². The minimum atomic E-state index is 0.0535. The van der Waals surface area contributed by atoms with E-state index in [2.05, 4.69) is 11.7 Å². The van der Waals surface area contributed by atoms with Crippen LogP contribution < -0.4 is 0 Å². The van der Waals surface area contributed by atoms with Crippen LogP contribution in [0.15, 0.2) is 28.9 Å². The van der Waals surface area contributed by atoms with E-state index in [1.165, 1.54) is 0 Å². The molecule has 0 aliphatic carbocycles. The van der Waals surface area contributed by atoms with Crippen LogP contribution >= 0.6 is 0 Å². The molecule has 1 aromatic rings. The Bertz CT molecular complexity index is 367. The van der Waals surface area contributed by atoms with Gasteiger partial charge in [0.25, 0.3) is 0 Å². The van der Waals surface area contributed by atoms with Gasteiger partial charge in [-0.2, -0.15) is 0 Å². The molecule has 0 bridgehead atoms. The van der Waals surface area contributed by atoms with Crippen LogP contribution in [0, 0.1) is 6.92 Å². The Morgan fingerprint density at radius 2 is 2.29 bits per heavy atom. The van der Waals surface area contributed by atoms with Crippen LogP contribution in [0.4, 0.5) is 0 Å². The molecule has 14 heavy (non-hydrogen) atoms. The van der Waals surface area contributed by atoms with Crippen LogP contribution in [-0.2, 0) is 6.61 Å². The summed E-state index contributed by atoms with van der Waals surface area (Å²) < 4.78 is 0. The molecule has 0 aliphatic rings. The highest BCUT2D eigenvalue weighted by molar-refractivity contribution is 5.60. The fraction of sp³-hybridized carbons (Fsp3) is 0.250. The summed E-state index contributed by atoms with van der Waals surface area (Å²) >= 11 is 0. The van der Waals surface area contributed by atoms with Gasteiger partial charge in [0, 0.05) is 5.70 Å². The zero-order valence-electron chi connectivity index (χ0n) is 8.62. The molecule has 2 nitrogen and oxygen atoms in total. The smallest absolute Gasteiger partial charge is 0.0687 e. The standard InChI is InChI=1S/C12H15NO/c1-9-5-4-6-11(8-14)12(9)7-10(2)13-3/h4-7,14H,3,8H2,1-2H3/b10-7-. The lowest BCUT2D eigenvalue weighted by Gasteiger charge is -2.06. The van der Waals surface area contributed by atoms with E-state index in [1.807, 2.05) is 38.1 Å². The molecule has 0 aromatic heterocycles. The normalized spacial score (nSPS) is 11.5. The SMILES string of the molecule is C=N/C(C)=C\c1c(C)cccc1CO. The quantitative estimate of drug-likeness (QED) is 0.728. The van der Waals surface area contributed by atoms with Gasteiger partial charge in [-0.3, -0.25) is 4.99 Å². The van der Waals surface area contributed by atoms with Crippen molar-refractivity contribution in [3.8, 4) is 0 Å². The van der Waals surface area contributed by atoms with Crippen LogP contribution in [0.5, 0.6) is 0 Å².